The third-order valence-corrected chi connectivity index (χ3v) is 9.09. The zero-order valence-electron chi connectivity index (χ0n) is 38.3. The maximum absolute atomic E-state index is 12.9. The zero-order valence-corrected chi connectivity index (χ0v) is 38.3. The minimum atomic E-state index is -2.03. The molecule has 3 rings (SSSR count). The van der Waals surface area contributed by atoms with Crippen LogP contribution in [0, 0.1) is 0 Å². The van der Waals surface area contributed by atoms with Crippen molar-refractivity contribution in [1.29, 1.82) is 0 Å². The van der Waals surface area contributed by atoms with Crippen LogP contribution < -0.4 is 0 Å². The Morgan fingerprint density at radius 2 is 0.552 bits per heavy atom. The first-order valence-corrected chi connectivity index (χ1v) is 20.3. The van der Waals surface area contributed by atoms with Gasteiger partial charge in [-0.25, -0.2) is 0 Å². The Balaban J connectivity index is 2.25. The molecule has 0 bridgehead atoms. The second kappa shape index (κ2) is 25.2. The number of hydrogen-bond donors (Lipinski definition) is 0. The van der Waals surface area contributed by atoms with Gasteiger partial charge in [0, 0.05) is 76.2 Å². The first-order valence-electron chi connectivity index (χ1n) is 20.3. The van der Waals surface area contributed by atoms with Gasteiger partial charge in [-0.05, 0) is 0 Å². The number of esters is 11. The SMILES string of the molecule is CC(=O)OC[C@H]1O[C@H](OC[C@H]2OC(OC(C)=O)[C@@H](OC(C)=O)[C@@H](O[C@H]3O[C@H](COC(C)=O)[C@@H](OC(C)=O)[C@H](OC(C)=O)[C@@H]3OC(C)=O)[C@@H]2OC(C)=O)[C@@H](OC(C)=O)[C@@H](OC(C)=O)[C@@H]1OC(C)=O. The summed E-state index contributed by atoms with van der Waals surface area (Å²) in [5.41, 5.74) is 0. The molecule has 67 heavy (non-hydrogen) atoms. The molecule has 0 aromatic rings. The summed E-state index contributed by atoms with van der Waals surface area (Å²) in [5, 5.41) is 0. The van der Waals surface area contributed by atoms with E-state index >= 15 is 0 Å². The molecule has 376 valence electrons. The predicted molar refractivity (Wildman–Crippen MR) is 206 cm³/mol. The van der Waals surface area contributed by atoms with E-state index in [4.69, 9.17) is 75.8 Å². The van der Waals surface area contributed by atoms with Crippen molar-refractivity contribution in [3.63, 3.8) is 0 Å². The molecule has 0 aliphatic carbocycles. The summed E-state index contributed by atoms with van der Waals surface area (Å²) in [7, 11) is 0. The highest BCUT2D eigenvalue weighted by atomic mass is 16.8. The molecule has 0 saturated carbocycles. The van der Waals surface area contributed by atoms with Crippen LogP contribution in [0.2, 0.25) is 0 Å². The summed E-state index contributed by atoms with van der Waals surface area (Å²) in [5.74, 6) is -10.6. The molecule has 0 N–H and O–H groups in total. The van der Waals surface area contributed by atoms with Gasteiger partial charge < -0.3 is 75.8 Å². The normalized spacial score (nSPS) is 31.2. The monoisotopic (exact) mass is 966 g/mol. The summed E-state index contributed by atoms with van der Waals surface area (Å²) in [6, 6.07) is 0. The summed E-state index contributed by atoms with van der Waals surface area (Å²) >= 11 is 0. The van der Waals surface area contributed by atoms with E-state index in [0.29, 0.717) is 0 Å². The van der Waals surface area contributed by atoms with Crippen LogP contribution in [0.4, 0.5) is 0 Å². The van der Waals surface area contributed by atoms with Crippen LogP contribution in [0.1, 0.15) is 76.2 Å². The third kappa shape index (κ3) is 17.0. The fourth-order valence-electron chi connectivity index (χ4n) is 7.04. The molecular formula is C40H54O27. The minimum Gasteiger partial charge on any atom is -0.463 e. The highest BCUT2D eigenvalue weighted by Crippen LogP contribution is 2.37. The quantitative estimate of drug-likeness (QED) is 0.114. The van der Waals surface area contributed by atoms with E-state index in [1.807, 2.05) is 0 Å². The molecule has 3 aliphatic rings. The Hall–Kier alpha value is -6.03. The van der Waals surface area contributed by atoms with Gasteiger partial charge in [-0.3, -0.25) is 52.7 Å². The van der Waals surface area contributed by atoms with Crippen molar-refractivity contribution in [2.75, 3.05) is 19.8 Å². The number of rotatable bonds is 18. The van der Waals surface area contributed by atoms with Gasteiger partial charge >= 0.3 is 65.7 Å². The maximum Gasteiger partial charge on any atom is 0.305 e. The molecule has 3 aliphatic heterocycles. The van der Waals surface area contributed by atoms with Crippen LogP contribution >= 0.6 is 0 Å². The van der Waals surface area contributed by atoms with Crippen LogP contribution in [0.5, 0.6) is 0 Å². The minimum absolute atomic E-state index is 0.641. The molecule has 27 nitrogen and oxygen atoms in total. The van der Waals surface area contributed by atoms with Crippen molar-refractivity contribution in [3.05, 3.63) is 0 Å². The Bertz CT molecular complexity index is 1850. The van der Waals surface area contributed by atoms with Crippen LogP contribution in [-0.4, -0.2) is 178 Å². The van der Waals surface area contributed by atoms with Gasteiger partial charge in [0.25, 0.3) is 0 Å². The average molecular weight is 967 g/mol. The van der Waals surface area contributed by atoms with Crippen LogP contribution in [0.25, 0.3) is 0 Å². The van der Waals surface area contributed by atoms with Crippen molar-refractivity contribution in [3.8, 4) is 0 Å². The Labute approximate surface area is 382 Å². The van der Waals surface area contributed by atoms with Crippen molar-refractivity contribution in [2.24, 2.45) is 0 Å². The largest absolute Gasteiger partial charge is 0.463 e. The van der Waals surface area contributed by atoms with E-state index in [1.165, 1.54) is 0 Å². The Morgan fingerprint density at radius 3 is 0.910 bits per heavy atom. The highest BCUT2D eigenvalue weighted by molar-refractivity contribution is 5.71. The fourth-order valence-corrected chi connectivity index (χ4v) is 7.04. The second-order valence-corrected chi connectivity index (χ2v) is 14.9. The molecule has 1 unspecified atom stereocenters. The lowest BCUT2D eigenvalue weighted by Gasteiger charge is -2.49. The van der Waals surface area contributed by atoms with Gasteiger partial charge in [0.05, 0.1) is 6.61 Å². The summed E-state index contributed by atoms with van der Waals surface area (Å²) < 4.78 is 90.0. The maximum atomic E-state index is 12.9. The van der Waals surface area contributed by atoms with Gasteiger partial charge in [-0.15, -0.1) is 0 Å². The van der Waals surface area contributed by atoms with Crippen LogP contribution in [-0.2, 0) is 129 Å². The van der Waals surface area contributed by atoms with Crippen molar-refractivity contribution in [1.82, 2.24) is 0 Å². The van der Waals surface area contributed by atoms with Gasteiger partial charge in [0.15, 0.2) is 61.4 Å². The van der Waals surface area contributed by atoms with Gasteiger partial charge in [-0.2, -0.15) is 0 Å². The lowest BCUT2D eigenvalue weighted by molar-refractivity contribution is -0.363. The molecule has 27 heteroatoms. The molecule has 0 aromatic heterocycles. The van der Waals surface area contributed by atoms with E-state index in [0.717, 1.165) is 76.2 Å². The highest BCUT2D eigenvalue weighted by Gasteiger charge is 2.59. The molecule has 0 amide bonds. The zero-order chi connectivity index (χ0) is 50.4. The van der Waals surface area contributed by atoms with Gasteiger partial charge in [0.2, 0.25) is 6.29 Å². The fraction of sp³-hybridized carbons (Fsp3) is 0.725. The number of carbonyl (C=O) groups excluding carboxylic acids is 11. The number of hydrogen-bond acceptors (Lipinski definition) is 27. The number of carbonyl (C=O) groups is 11. The Morgan fingerprint density at radius 1 is 0.284 bits per heavy atom. The van der Waals surface area contributed by atoms with Crippen molar-refractivity contribution < 1.29 is 129 Å². The first kappa shape index (κ1) is 55.3. The van der Waals surface area contributed by atoms with Crippen molar-refractivity contribution in [2.45, 2.75) is 168 Å². The van der Waals surface area contributed by atoms with E-state index in [-0.39, 0.29) is 0 Å². The molecule has 0 spiro atoms. The van der Waals surface area contributed by atoms with Crippen molar-refractivity contribution >= 4 is 65.7 Å². The molecule has 15 atom stereocenters. The number of ether oxygens (including phenoxy) is 16. The van der Waals surface area contributed by atoms with Crippen LogP contribution in [0.15, 0.2) is 0 Å². The van der Waals surface area contributed by atoms with Gasteiger partial charge in [-0.1, -0.05) is 0 Å². The molecule has 0 aromatic carbocycles. The van der Waals surface area contributed by atoms with E-state index < -0.39 is 178 Å². The standard InChI is InChI=1S/C40H54O27/c1-15(41)52-12-26-29(55-17(3)43)32(58-20(6)46)35(60-22(8)48)38(64-26)54-14-28-31(57-19(5)45)34(37(62-24(10)50)39(65-28)63-25(11)51)67-40-36(61-23(9)49)33(59-21(7)47)30(56-18(4)44)27(66-40)13-53-16(2)42/h26-40H,12-14H2,1-11H3/t26-,27-,28-,29-,30-,31-,32+,33+,34+,35+,36+,37+,38+,39?,40-/m1/s1. The second-order valence-electron chi connectivity index (χ2n) is 14.9. The van der Waals surface area contributed by atoms with E-state index in [9.17, 15) is 52.7 Å². The Kier molecular flexibility index (Phi) is 20.8. The topological polar surface area (TPSA) is 335 Å². The summed E-state index contributed by atoms with van der Waals surface area (Å²) in [6.07, 6.45) is -26.7. The predicted octanol–water partition coefficient (Wildman–Crippen LogP) is -1.29. The molecule has 0 radical (unpaired) electrons. The van der Waals surface area contributed by atoms with E-state index in [2.05, 4.69) is 0 Å². The van der Waals surface area contributed by atoms with Crippen LogP contribution in [0.3, 0.4) is 0 Å². The van der Waals surface area contributed by atoms with E-state index in [1.54, 1.807) is 0 Å². The molecule has 3 fully saturated rings. The lowest BCUT2D eigenvalue weighted by Crippen LogP contribution is -2.68. The van der Waals surface area contributed by atoms with Gasteiger partial charge in [0.1, 0.15) is 37.6 Å². The molecule has 3 saturated heterocycles. The smallest absolute Gasteiger partial charge is 0.305 e. The molecular weight excluding hydrogens is 912 g/mol. The average Bonchev–Trinajstić information content (AvgIpc) is 3.17. The lowest BCUT2D eigenvalue weighted by atomic mass is 9.95. The first-order chi connectivity index (χ1) is 31.3. The molecule has 3 heterocycles. The summed E-state index contributed by atoms with van der Waals surface area (Å²) in [4.78, 5) is 137. The third-order valence-electron chi connectivity index (χ3n) is 9.09. The summed E-state index contributed by atoms with van der Waals surface area (Å²) in [6.45, 7) is 8.60.